The second-order valence-corrected chi connectivity index (χ2v) is 4.77. The Kier molecular flexibility index (Phi) is 5.49. The van der Waals surface area contributed by atoms with Gasteiger partial charge in [-0.25, -0.2) is 4.79 Å². The monoisotopic (exact) mass is 249 g/mol. The molecule has 18 heavy (non-hydrogen) atoms. The maximum atomic E-state index is 12.0. The fourth-order valence-electron chi connectivity index (χ4n) is 1.70. The van der Waals surface area contributed by atoms with E-state index in [1.54, 1.807) is 0 Å². The van der Waals surface area contributed by atoms with Gasteiger partial charge in [0.25, 0.3) is 0 Å². The molecule has 2 amide bonds. The van der Waals surface area contributed by atoms with Crippen LogP contribution in [0.25, 0.3) is 0 Å². The smallest absolute Gasteiger partial charge is 0.317 e. The van der Waals surface area contributed by atoms with Crippen LogP contribution in [0.1, 0.15) is 32.8 Å². The van der Waals surface area contributed by atoms with Crippen molar-refractivity contribution in [3.05, 3.63) is 29.8 Å². The Morgan fingerprint density at radius 3 is 2.44 bits per heavy atom. The first-order chi connectivity index (χ1) is 8.52. The lowest BCUT2D eigenvalue weighted by Gasteiger charge is -2.24. The van der Waals surface area contributed by atoms with E-state index in [1.165, 1.54) is 0 Å². The number of nitrogens with two attached hydrogens (primary N) is 1. The van der Waals surface area contributed by atoms with Gasteiger partial charge in [-0.2, -0.15) is 0 Å². The van der Waals surface area contributed by atoms with Crippen molar-refractivity contribution in [1.29, 1.82) is 0 Å². The summed E-state index contributed by atoms with van der Waals surface area (Å²) >= 11 is 0. The van der Waals surface area contributed by atoms with Gasteiger partial charge in [-0.15, -0.1) is 0 Å². The molecule has 4 heteroatoms. The number of carbonyl (C=O) groups excluding carboxylic acids is 1. The Hall–Kier alpha value is -1.71. The number of anilines is 1. The highest BCUT2D eigenvalue weighted by atomic mass is 16.2. The minimum atomic E-state index is -0.0105. The summed E-state index contributed by atoms with van der Waals surface area (Å²) < 4.78 is 0. The number of nitrogens with zero attached hydrogens (tertiary/aromatic N) is 1. The molecule has 0 saturated heterocycles. The van der Waals surface area contributed by atoms with Gasteiger partial charge >= 0.3 is 6.03 Å². The number of amides is 2. The summed E-state index contributed by atoms with van der Waals surface area (Å²) in [6.07, 6.45) is 0.945. The number of rotatable bonds is 5. The van der Waals surface area contributed by atoms with E-state index in [4.69, 9.17) is 5.73 Å². The minimum absolute atomic E-state index is 0.0105. The van der Waals surface area contributed by atoms with Crippen LogP contribution in [-0.4, -0.2) is 23.5 Å². The van der Waals surface area contributed by atoms with Gasteiger partial charge in [0.2, 0.25) is 0 Å². The van der Waals surface area contributed by atoms with Crippen LogP contribution in [0, 0.1) is 0 Å². The maximum absolute atomic E-state index is 12.0. The van der Waals surface area contributed by atoms with E-state index in [1.807, 2.05) is 43.0 Å². The molecule has 0 atom stereocenters. The Morgan fingerprint density at radius 1 is 1.33 bits per heavy atom. The summed E-state index contributed by atoms with van der Waals surface area (Å²) in [5, 5.41) is 2.92. The fraction of sp³-hybridized carbons (Fsp3) is 0.500. The molecule has 0 bridgehead atoms. The standard InChI is InChI=1S/C14H23N3O/c1-4-9-17(14(18)16-11(2)3)10-12-5-7-13(15)8-6-12/h5-8,11H,4,9-10,15H2,1-3H3,(H,16,18). The lowest BCUT2D eigenvalue weighted by molar-refractivity contribution is 0.192. The molecule has 0 aliphatic rings. The van der Waals surface area contributed by atoms with E-state index in [-0.39, 0.29) is 12.1 Å². The summed E-state index contributed by atoms with van der Waals surface area (Å²) in [5.41, 5.74) is 7.49. The summed E-state index contributed by atoms with van der Waals surface area (Å²) in [4.78, 5) is 13.8. The molecule has 0 radical (unpaired) electrons. The average Bonchev–Trinajstić information content (AvgIpc) is 2.30. The lowest BCUT2D eigenvalue weighted by atomic mass is 10.2. The molecule has 0 spiro atoms. The van der Waals surface area contributed by atoms with Crippen molar-refractivity contribution in [2.75, 3.05) is 12.3 Å². The van der Waals surface area contributed by atoms with Gasteiger partial charge in [-0.05, 0) is 38.0 Å². The third-order valence-corrected chi connectivity index (χ3v) is 2.55. The zero-order valence-corrected chi connectivity index (χ0v) is 11.4. The van der Waals surface area contributed by atoms with Crippen molar-refractivity contribution < 1.29 is 4.79 Å². The van der Waals surface area contributed by atoms with Crippen molar-refractivity contribution >= 4 is 11.7 Å². The molecule has 1 rings (SSSR count). The maximum Gasteiger partial charge on any atom is 0.317 e. The molecule has 0 unspecified atom stereocenters. The number of hydrogen-bond donors (Lipinski definition) is 2. The largest absolute Gasteiger partial charge is 0.399 e. The molecule has 4 nitrogen and oxygen atoms in total. The van der Waals surface area contributed by atoms with E-state index in [9.17, 15) is 4.79 Å². The highest BCUT2D eigenvalue weighted by molar-refractivity contribution is 5.74. The first kappa shape index (κ1) is 14.4. The molecule has 0 heterocycles. The predicted molar refractivity (Wildman–Crippen MR) is 75.2 cm³/mol. The van der Waals surface area contributed by atoms with Gasteiger partial charge < -0.3 is 16.0 Å². The number of carbonyl (C=O) groups is 1. The molecule has 0 aliphatic heterocycles. The molecule has 3 N–H and O–H groups in total. The molecular formula is C14H23N3O. The third-order valence-electron chi connectivity index (χ3n) is 2.55. The highest BCUT2D eigenvalue weighted by Crippen LogP contribution is 2.09. The van der Waals surface area contributed by atoms with E-state index >= 15 is 0 Å². The van der Waals surface area contributed by atoms with Gasteiger partial charge in [0.15, 0.2) is 0 Å². The molecule has 0 fully saturated rings. The van der Waals surface area contributed by atoms with Crippen LogP contribution in [-0.2, 0) is 6.54 Å². The zero-order chi connectivity index (χ0) is 13.5. The van der Waals surface area contributed by atoms with Gasteiger partial charge in [-0.3, -0.25) is 0 Å². The van der Waals surface area contributed by atoms with E-state index in [0.717, 1.165) is 24.2 Å². The molecular weight excluding hydrogens is 226 g/mol. The summed E-state index contributed by atoms with van der Waals surface area (Å²) in [6.45, 7) is 7.37. The Bertz CT molecular complexity index is 373. The van der Waals surface area contributed by atoms with Crippen LogP contribution >= 0.6 is 0 Å². The summed E-state index contributed by atoms with van der Waals surface area (Å²) in [7, 11) is 0. The number of hydrogen-bond acceptors (Lipinski definition) is 2. The summed E-state index contributed by atoms with van der Waals surface area (Å²) in [5.74, 6) is 0. The summed E-state index contributed by atoms with van der Waals surface area (Å²) in [6, 6.07) is 7.79. The van der Waals surface area contributed by atoms with Crippen LogP contribution in [0.4, 0.5) is 10.5 Å². The Labute approximate surface area is 109 Å². The van der Waals surface area contributed by atoms with E-state index < -0.39 is 0 Å². The Morgan fingerprint density at radius 2 is 1.94 bits per heavy atom. The van der Waals surface area contributed by atoms with Crippen LogP contribution in [0.5, 0.6) is 0 Å². The second kappa shape index (κ2) is 6.89. The van der Waals surface area contributed by atoms with Crippen molar-refractivity contribution in [3.63, 3.8) is 0 Å². The van der Waals surface area contributed by atoms with Crippen LogP contribution in [0.2, 0.25) is 0 Å². The normalized spacial score (nSPS) is 10.4. The quantitative estimate of drug-likeness (QED) is 0.788. The topological polar surface area (TPSA) is 58.4 Å². The number of urea groups is 1. The molecule has 1 aromatic rings. The van der Waals surface area contributed by atoms with Gasteiger partial charge in [-0.1, -0.05) is 19.1 Å². The van der Waals surface area contributed by atoms with Crippen LogP contribution in [0.3, 0.4) is 0 Å². The van der Waals surface area contributed by atoms with Crippen molar-refractivity contribution in [1.82, 2.24) is 10.2 Å². The fourth-order valence-corrected chi connectivity index (χ4v) is 1.70. The third kappa shape index (κ3) is 4.65. The van der Waals surface area contributed by atoms with Gasteiger partial charge in [0.1, 0.15) is 0 Å². The van der Waals surface area contributed by atoms with Crippen LogP contribution in [0.15, 0.2) is 24.3 Å². The first-order valence-electron chi connectivity index (χ1n) is 6.42. The van der Waals surface area contributed by atoms with E-state index in [2.05, 4.69) is 12.2 Å². The number of nitrogens with one attached hydrogen (secondary N) is 1. The van der Waals surface area contributed by atoms with Crippen molar-refractivity contribution in [3.8, 4) is 0 Å². The highest BCUT2D eigenvalue weighted by Gasteiger charge is 2.13. The SMILES string of the molecule is CCCN(Cc1ccc(N)cc1)C(=O)NC(C)C. The van der Waals surface area contributed by atoms with Crippen LogP contribution < -0.4 is 11.1 Å². The molecule has 100 valence electrons. The average molecular weight is 249 g/mol. The van der Waals surface area contributed by atoms with Crippen molar-refractivity contribution in [2.45, 2.75) is 39.8 Å². The second-order valence-electron chi connectivity index (χ2n) is 4.77. The predicted octanol–water partition coefficient (Wildman–Crippen LogP) is 2.60. The van der Waals surface area contributed by atoms with Crippen molar-refractivity contribution in [2.24, 2.45) is 0 Å². The lowest BCUT2D eigenvalue weighted by Crippen LogP contribution is -2.42. The van der Waals surface area contributed by atoms with Gasteiger partial charge in [0, 0.05) is 24.8 Å². The molecule has 0 saturated carbocycles. The van der Waals surface area contributed by atoms with E-state index in [0.29, 0.717) is 6.54 Å². The Balaban J connectivity index is 2.67. The number of benzene rings is 1. The molecule has 0 aromatic heterocycles. The zero-order valence-electron chi connectivity index (χ0n) is 11.4. The molecule has 1 aromatic carbocycles. The minimum Gasteiger partial charge on any atom is -0.399 e. The first-order valence-corrected chi connectivity index (χ1v) is 6.42. The number of nitrogen functional groups attached to an aromatic ring is 1. The molecule has 0 aliphatic carbocycles. The van der Waals surface area contributed by atoms with Gasteiger partial charge in [0.05, 0.1) is 0 Å².